The lowest BCUT2D eigenvalue weighted by Gasteiger charge is -2.06. The summed E-state index contributed by atoms with van der Waals surface area (Å²) in [5.74, 6) is -0.314. The SMILES string of the molecule is CC/C=C\CCOC(=O)CCCCC(=O)OCCCCCCCCCCCCCCCCCC. The van der Waals surface area contributed by atoms with Crippen molar-refractivity contribution < 1.29 is 19.1 Å². The molecule has 0 heterocycles. The minimum absolute atomic E-state index is 0.140. The van der Waals surface area contributed by atoms with Crippen LogP contribution in [-0.4, -0.2) is 25.2 Å². The number of hydrogen-bond acceptors (Lipinski definition) is 4. The zero-order valence-electron chi connectivity index (χ0n) is 22.8. The van der Waals surface area contributed by atoms with E-state index >= 15 is 0 Å². The lowest BCUT2D eigenvalue weighted by Crippen LogP contribution is -2.07. The van der Waals surface area contributed by atoms with Gasteiger partial charge in [0.1, 0.15) is 0 Å². The molecule has 4 nitrogen and oxygen atoms in total. The Balaban J connectivity index is 3.25. The molecular formula is C30H56O4. The van der Waals surface area contributed by atoms with E-state index in [2.05, 4.69) is 19.9 Å². The summed E-state index contributed by atoms with van der Waals surface area (Å²) < 4.78 is 10.5. The predicted octanol–water partition coefficient (Wildman–Crippen LogP) is 9.25. The number of esters is 2. The molecule has 4 heteroatoms. The smallest absolute Gasteiger partial charge is 0.305 e. The lowest BCUT2D eigenvalue weighted by molar-refractivity contribution is -0.145. The van der Waals surface area contributed by atoms with Crippen molar-refractivity contribution in [3.8, 4) is 0 Å². The fourth-order valence-corrected chi connectivity index (χ4v) is 4.04. The molecule has 0 aliphatic carbocycles. The number of allylic oxidation sites excluding steroid dienone is 1. The summed E-state index contributed by atoms with van der Waals surface area (Å²) in [7, 11) is 0. The third-order valence-electron chi connectivity index (χ3n) is 6.22. The molecule has 0 saturated carbocycles. The van der Waals surface area contributed by atoms with Crippen LogP contribution in [-0.2, 0) is 19.1 Å². The van der Waals surface area contributed by atoms with E-state index in [1.807, 2.05) is 6.08 Å². The number of unbranched alkanes of at least 4 members (excludes halogenated alkanes) is 16. The fraction of sp³-hybridized carbons (Fsp3) is 0.867. The maximum Gasteiger partial charge on any atom is 0.305 e. The molecule has 0 aliphatic rings. The van der Waals surface area contributed by atoms with Gasteiger partial charge in [0, 0.05) is 12.8 Å². The first kappa shape index (κ1) is 32.7. The predicted molar refractivity (Wildman–Crippen MR) is 144 cm³/mol. The molecule has 0 aliphatic heterocycles. The molecule has 34 heavy (non-hydrogen) atoms. The van der Waals surface area contributed by atoms with Crippen molar-refractivity contribution in [1.82, 2.24) is 0 Å². The second-order valence-corrected chi connectivity index (χ2v) is 9.62. The molecule has 0 fully saturated rings. The highest BCUT2D eigenvalue weighted by Gasteiger charge is 2.06. The van der Waals surface area contributed by atoms with Crippen molar-refractivity contribution in [3.63, 3.8) is 0 Å². The van der Waals surface area contributed by atoms with Gasteiger partial charge < -0.3 is 9.47 Å². The van der Waals surface area contributed by atoms with Gasteiger partial charge in [-0.2, -0.15) is 0 Å². The molecule has 0 aromatic carbocycles. The Morgan fingerprint density at radius 1 is 0.500 bits per heavy atom. The first-order valence-corrected chi connectivity index (χ1v) is 14.7. The van der Waals surface area contributed by atoms with E-state index in [0.29, 0.717) is 38.9 Å². The van der Waals surface area contributed by atoms with E-state index < -0.39 is 0 Å². The zero-order valence-corrected chi connectivity index (χ0v) is 22.8. The molecule has 0 spiro atoms. The van der Waals surface area contributed by atoms with Crippen LogP contribution in [0.2, 0.25) is 0 Å². The molecule has 0 saturated heterocycles. The standard InChI is InChI=1S/C30H56O4/c1-3-5-7-9-10-11-12-13-14-15-16-17-18-19-20-24-28-34-30(32)26-22-21-25-29(31)33-27-23-8-6-4-2/h6,8H,3-5,7,9-28H2,1-2H3/b8-6-. The maximum absolute atomic E-state index is 11.8. The van der Waals surface area contributed by atoms with Gasteiger partial charge in [-0.15, -0.1) is 0 Å². The van der Waals surface area contributed by atoms with Gasteiger partial charge in [-0.05, 0) is 32.1 Å². The van der Waals surface area contributed by atoms with Crippen LogP contribution in [0.25, 0.3) is 0 Å². The number of rotatable bonds is 26. The van der Waals surface area contributed by atoms with Crippen LogP contribution < -0.4 is 0 Å². The fourth-order valence-electron chi connectivity index (χ4n) is 4.04. The Kier molecular flexibility index (Phi) is 26.8. The Labute approximate surface area is 211 Å². The van der Waals surface area contributed by atoms with Gasteiger partial charge in [0.15, 0.2) is 0 Å². The zero-order chi connectivity index (χ0) is 25.0. The van der Waals surface area contributed by atoms with Crippen molar-refractivity contribution in [1.29, 1.82) is 0 Å². The van der Waals surface area contributed by atoms with E-state index in [1.165, 1.54) is 89.9 Å². The molecule has 0 N–H and O–H groups in total. The molecule has 0 aromatic heterocycles. The van der Waals surface area contributed by atoms with Gasteiger partial charge >= 0.3 is 11.9 Å². The molecule has 0 atom stereocenters. The van der Waals surface area contributed by atoms with Gasteiger partial charge in [0.05, 0.1) is 13.2 Å². The number of carbonyl (C=O) groups is 2. The average Bonchev–Trinajstić information content (AvgIpc) is 2.83. The molecule has 0 aromatic rings. The van der Waals surface area contributed by atoms with Gasteiger partial charge in [0.2, 0.25) is 0 Å². The average molecular weight is 481 g/mol. The summed E-state index contributed by atoms with van der Waals surface area (Å²) in [4.78, 5) is 23.4. The monoisotopic (exact) mass is 480 g/mol. The van der Waals surface area contributed by atoms with Gasteiger partial charge in [-0.1, -0.05) is 122 Å². The Bertz CT molecular complexity index is 472. The third-order valence-corrected chi connectivity index (χ3v) is 6.22. The van der Waals surface area contributed by atoms with E-state index in [-0.39, 0.29) is 11.9 Å². The quantitative estimate of drug-likeness (QED) is 0.0703. The summed E-state index contributed by atoms with van der Waals surface area (Å²) in [6, 6.07) is 0. The lowest BCUT2D eigenvalue weighted by atomic mass is 10.0. The van der Waals surface area contributed by atoms with E-state index in [9.17, 15) is 9.59 Å². The number of hydrogen-bond donors (Lipinski definition) is 0. The van der Waals surface area contributed by atoms with Crippen molar-refractivity contribution in [2.45, 2.75) is 155 Å². The van der Waals surface area contributed by atoms with Crippen LogP contribution in [0.1, 0.15) is 155 Å². The van der Waals surface area contributed by atoms with Crippen LogP contribution in [0, 0.1) is 0 Å². The summed E-state index contributed by atoms with van der Waals surface area (Å²) in [6.45, 7) is 5.33. The van der Waals surface area contributed by atoms with Crippen LogP contribution in [0.3, 0.4) is 0 Å². The highest BCUT2D eigenvalue weighted by Crippen LogP contribution is 2.14. The normalized spacial score (nSPS) is 11.2. The van der Waals surface area contributed by atoms with Crippen molar-refractivity contribution in [3.05, 3.63) is 12.2 Å². The van der Waals surface area contributed by atoms with Crippen LogP contribution in [0.5, 0.6) is 0 Å². The number of carbonyl (C=O) groups excluding carboxylic acids is 2. The Hall–Kier alpha value is -1.32. The van der Waals surface area contributed by atoms with Gasteiger partial charge in [0.25, 0.3) is 0 Å². The highest BCUT2D eigenvalue weighted by atomic mass is 16.5. The second-order valence-electron chi connectivity index (χ2n) is 9.62. The molecule has 0 unspecified atom stereocenters. The van der Waals surface area contributed by atoms with Crippen LogP contribution in [0.4, 0.5) is 0 Å². The van der Waals surface area contributed by atoms with Gasteiger partial charge in [-0.3, -0.25) is 9.59 Å². The first-order chi connectivity index (χ1) is 16.7. The molecule has 0 amide bonds. The topological polar surface area (TPSA) is 52.6 Å². The summed E-state index contributed by atoms with van der Waals surface area (Å²) in [5.41, 5.74) is 0. The van der Waals surface area contributed by atoms with Crippen LogP contribution in [0.15, 0.2) is 12.2 Å². The summed E-state index contributed by atoms with van der Waals surface area (Å²) in [6.07, 6.45) is 29.5. The molecular weight excluding hydrogens is 424 g/mol. The minimum Gasteiger partial charge on any atom is -0.466 e. The van der Waals surface area contributed by atoms with Crippen molar-refractivity contribution >= 4 is 11.9 Å². The summed E-state index contributed by atoms with van der Waals surface area (Å²) >= 11 is 0. The van der Waals surface area contributed by atoms with Crippen molar-refractivity contribution in [2.24, 2.45) is 0 Å². The van der Waals surface area contributed by atoms with E-state index in [0.717, 1.165) is 25.7 Å². The molecule has 0 rings (SSSR count). The second kappa shape index (κ2) is 27.9. The largest absolute Gasteiger partial charge is 0.466 e. The number of ether oxygens (including phenoxy) is 2. The molecule has 0 bridgehead atoms. The first-order valence-electron chi connectivity index (χ1n) is 14.7. The van der Waals surface area contributed by atoms with Gasteiger partial charge in [-0.25, -0.2) is 0 Å². The van der Waals surface area contributed by atoms with E-state index in [4.69, 9.17) is 9.47 Å². The Morgan fingerprint density at radius 2 is 0.912 bits per heavy atom. The minimum atomic E-state index is -0.175. The molecule has 200 valence electrons. The van der Waals surface area contributed by atoms with Crippen molar-refractivity contribution in [2.75, 3.05) is 13.2 Å². The Morgan fingerprint density at radius 3 is 1.35 bits per heavy atom. The third kappa shape index (κ3) is 26.9. The van der Waals surface area contributed by atoms with Crippen LogP contribution >= 0.6 is 0 Å². The molecule has 0 radical (unpaired) electrons. The highest BCUT2D eigenvalue weighted by molar-refractivity contribution is 5.70. The van der Waals surface area contributed by atoms with E-state index in [1.54, 1.807) is 0 Å². The summed E-state index contributed by atoms with van der Waals surface area (Å²) in [5, 5.41) is 0. The maximum atomic E-state index is 11.8.